The van der Waals surface area contributed by atoms with Crippen molar-refractivity contribution in [2.75, 3.05) is 18.1 Å². The first-order valence-corrected chi connectivity index (χ1v) is 11.2. The zero-order chi connectivity index (χ0) is 22.3. The molecule has 5 nitrogen and oxygen atoms in total. The summed E-state index contributed by atoms with van der Waals surface area (Å²) >= 11 is 1.50. The molecule has 1 aliphatic carbocycles. The third-order valence-corrected chi connectivity index (χ3v) is 6.28. The van der Waals surface area contributed by atoms with Crippen LogP contribution in [-0.4, -0.2) is 34.3 Å². The molecule has 4 rings (SSSR count). The van der Waals surface area contributed by atoms with Crippen molar-refractivity contribution >= 4 is 29.0 Å². The molecule has 0 aliphatic heterocycles. The van der Waals surface area contributed by atoms with E-state index in [9.17, 15) is 18.0 Å². The zero-order valence-corrected chi connectivity index (χ0v) is 18.0. The number of benzene rings is 1. The second-order valence-electron chi connectivity index (χ2n) is 7.76. The van der Waals surface area contributed by atoms with Crippen molar-refractivity contribution in [3.05, 3.63) is 47.3 Å². The largest absolute Gasteiger partial charge is 0.390 e. The minimum Gasteiger partial charge on any atom is -0.382 e. The first kappa shape index (κ1) is 21.5. The third kappa shape index (κ3) is 4.37. The predicted octanol–water partition coefficient (Wildman–Crippen LogP) is 5.37. The van der Waals surface area contributed by atoms with Gasteiger partial charge >= 0.3 is 6.18 Å². The van der Waals surface area contributed by atoms with Gasteiger partial charge in [-0.3, -0.25) is 9.20 Å². The number of aromatic nitrogens is 2. The maximum Gasteiger partial charge on any atom is 0.390 e. The number of imidazole rings is 1. The number of pyridine rings is 1. The highest BCUT2D eigenvalue weighted by atomic mass is 32.2. The maximum atomic E-state index is 12.6. The fourth-order valence-corrected chi connectivity index (χ4v) is 4.41. The first-order chi connectivity index (χ1) is 14.7. The van der Waals surface area contributed by atoms with Crippen LogP contribution < -0.4 is 11.1 Å². The van der Waals surface area contributed by atoms with E-state index in [1.54, 1.807) is 12.3 Å². The van der Waals surface area contributed by atoms with Crippen molar-refractivity contribution in [1.29, 1.82) is 0 Å². The van der Waals surface area contributed by atoms with Gasteiger partial charge in [-0.25, -0.2) is 4.98 Å². The van der Waals surface area contributed by atoms with Gasteiger partial charge in [0.25, 0.3) is 0 Å². The summed E-state index contributed by atoms with van der Waals surface area (Å²) in [6, 6.07) is 5.45. The summed E-state index contributed by atoms with van der Waals surface area (Å²) in [5.41, 5.74) is 11.0. The Morgan fingerprint density at radius 1 is 1.35 bits per heavy atom. The summed E-state index contributed by atoms with van der Waals surface area (Å²) in [5, 5.41) is 2.89. The fourth-order valence-electron chi connectivity index (χ4n) is 3.96. The Balaban J connectivity index is 1.82. The summed E-state index contributed by atoms with van der Waals surface area (Å²) in [5.74, 6) is -0.0853. The molecule has 1 aromatic carbocycles. The van der Waals surface area contributed by atoms with Gasteiger partial charge < -0.3 is 11.1 Å². The lowest BCUT2D eigenvalue weighted by Gasteiger charge is -2.16. The highest BCUT2D eigenvalue weighted by Gasteiger charge is 2.31. The molecule has 0 radical (unpaired) electrons. The van der Waals surface area contributed by atoms with E-state index in [0.717, 1.165) is 40.1 Å². The Bertz CT molecular complexity index is 1150. The van der Waals surface area contributed by atoms with Crippen LogP contribution in [0.25, 0.3) is 16.9 Å². The van der Waals surface area contributed by atoms with Gasteiger partial charge in [-0.15, -0.1) is 11.8 Å². The van der Waals surface area contributed by atoms with Crippen molar-refractivity contribution in [2.24, 2.45) is 5.73 Å². The summed E-state index contributed by atoms with van der Waals surface area (Å²) in [6.07, 6.45) is 2.54. The van der Waals surface area contributed by atoms with Crippen LogP contribution in [0.4, 0.5) is 18.9 Å². The molecule has 9 heteroatoms. The number of hydrogen-bond donors (Lipinski definition) is 2. The molecule has 164 valence electrons. The molecule has 1 amide bonds. The van der Waals surface area contributed by atoms with E-state index >= 15 is 0 Å². The van der Waals surface area contributed by atoms with E-state index < -0.39 is 18.5 Å². The lowest BCUT2D eigenvalue weighted by molar-refractivity contribution is -0.131. The lowest BCUT2D eigenvalue weighted by Crippen LogP contribution is -2.15. The molecule has 0 spiro atoms. The van der Waals surface area contributed by atoms with Crippen LogP contribution in [0.15, 0.2) is 35.5 Å². The van der Waals surface area contributed by atoms with Crippen LogP contribution >= 0.6 is 11.8 Å². The van der Waals surface area contributed by atoms with Crippen LogP contribution in [0.2, 0.25) is 0 Å². The highest BCUT2D eigenvalue weighted by molar-refractivity contribution is 7.98. The van der Waals surface area contributed by atoms with Crippen molar-refractivity contribution in [3.63, 3.8) is 0 Å². The van der Waals surface area contributed by atoms with Gasteiger partial charge in [-0.1, -0.05) is 6.07 Å². The Kier molecular flexibility index (Phi) is 5.63. The Hall–Kier alpha value is -2.68. The van der Waals surface area contributed by atoms with Crippen LogP contribution in [0.5, 0.6) is 0 Å². The minimum absolute atomic E-state index is 0.223. The molecule has 0 bridgehead atoms. The molecule has 0 atom stereocenters. The third-order valence-electron chi connectivity index (χ3n) is 5.58. The van der Waals surface area contributed by atoms with Crippen LogP contribution in [0.1, 0.15) is 46.7 Å². The molecule has 31 heavy (non-hydrogen) atoms. The number of carbonyl (C=O) groups is 1. The number of carbonyl (C=O) groups excluding carboxylic acids is 1. The molecule has 0 unspecified atom stereocenters. The Morgan fingerprint density at radius 2 is 2.10 bits per heavy atom. The second kappa shape index (κ2) is 8.11. The normalized spacial score (nSPS) is 14.2. The van der Waals surface area contributed by atoms with Crippen molar-refractivity contribution < 1.29 is 18.0 Å². The number of nitrogens with two attached hydrogens (primary N) is 1. The number of anilines is 1. The summed E-state index contributed by atoms with van der Waals surface area (Å²) in [6.45, 7) is 1.69. The molecule has 3 N–H and O–H groups in total. The molecular formula is C22H23F3N4OS. The quantitative estimate of drug-likeness (QED) is 0.477. The second-order valence-corrected chi connectivity index (χ2v) is 8.64. The first-order valence-electron chi connectivity index (χ1n) is 9.99. The molecule has 3 aromatic rings. The highest BCUT2D eigenvalue weighted by Crippen LogP contribution is 2.47. The van der Waals surface area contributed by atoms with E-state index in [-0.39, 0.29) is 6.54 Å². The predicted molar refractivity (Wildman–Crippen MR) is 117 cm³/mol. The van der Waals surface area contributed by atoms with Crippen molar-refractivity contribution in [2.45, 2.75) is 43.2 Å². The number of amides is 1. The van der Waals surface area contributed by atoms with Crippen molar-refractivity contribution in [3.8, 4) is 11.3 Å². The number of nitrogens with one attached hydrogen (secondary N) is 1. The standard InChI is InChI=1S/C22H23F3N4OS/c1-12-15(20(26)30)5-6-16(19(12)13-3-4-13)18-10-28-21-17(27-8-7-22(23,24)25)9-14(31-2)11-29(18)21/h5-6,9-11,13,27H,3-4,7-8H2,1-2H3,(H2,26,30). The molecule has 1 aliphatic rings. The Labute approximate surface area is 182 Å². The molecule has 1 saturated carbocycles. The van der Waals surface area contributed by atoms with Gasteiger partial charge in [0.2, 0.25) is 5.91 Å². The van der Waals surface area contributed by atoms with E-state index in [2.05, 4.69) is 10.3 Å². The van der Waals surface area contributed by atoms with Crippen LogP contribution in [0.3, 0.4) is 0 Å². The summed E-state index contributed by atoms with van der Waals surface area (Å²) in [7, 11) is 0. The van der Waals surface area contributed by atoms with E-state index in [4.69, 9.17) is 5.73 Å². The summed E-state index contributed by atoms with van der Waals surface area (Å²) in [4.78, 5) is 17.3. The molecule has 2 heterocycles. The lowest BCUT2D eigenvalue weighted by atomic mass is 9.92. The zero-order valence-electron chi connectivity index (χ0n) is 17.2. The maximum absolute atomic E-state index is 12.6. The van der Waals surface area contributed by atoms with E-state index in [1.165, 1.54) is 11.8 Å². The molecule has 0 saturated heterocycles. The van der Waals surface area contributed by atoms with Gasteiger partial charge in [0.1, 0.15) is 0 Å². The Morgan fingerprint density at radius 3 is 2.71 bits per heavy atom. The van der Waals surface area contributed by atoms with Crippen LogP contribution in [-0.2, 0) is 0 Å². The van der Waals surface area contributed by atoms with E-state index in [1.807, 2.05) is 35.9 Å². The summed E-state index contributed by atoms with van der Waals surface area (Å²) < 4.78 is 39.7. The average molecular weight is 449 g/mol. The number of halogens is 3. The fraction of sp³-hybridized carbons (Fsp3) is 0.364. The smallest absolute Gasteiger partial charge is 0.382 e. The number of hydrogen-bond acceptors (Lipinski definition) is 4. The SMILES string of the molecule is CSc1cc(NCCC(F)(F)F)c2ncc(-c3ccc(C(N)=O)c(C)c3C3CC3)n2c1. The average Bonchev–Trinajstić information content (AvgIpc) is 3.44. The number of alkyl halides is 3. The monoisotopic (exact) mass is 448 g/mol. The van der Waals surface area contributed by atoms with Crippen molar-refractivity contribution in [1.82, 2.24) is 9.38 Å². The molecular weight excluding hydrogens is 425 g/mol. The van der Waals surface area contributed by atoms with E-state index in [0.29, 0.717) is 22.8 Å². The topological polar surface area (TPSA) is 72.4 Å². The number of rotatable bonds is 7. The number of nitrogens with zero attached hydrogens (tertiary/aromatic N) is 2. The van der Waals surface area contributed by atoms with Gasteiger partial charge in [0, 0.05) is 28.8 Å². The van der Waals surface area contributed by atoms with Gasteiger partial charge in [-0.05, 0) is 55.2 Å². The number of fused-ring (bicyclic) bond motifs is 1. The number of primary amides is 1. The van der Waals surface area contributed by atoms with Gasteiger partial charge in [0.15, 0.2) is 5.65 Å². The minimum atomic E-state index is -4.22. The molecule has 1 fully saturated rings. The molecule has 2 aromatic heterocycles. The number of thioether (sulfide) groups is 1. The van der Waals surface area contributed by atoms with Gasteiger partial charge in [0.05, 0.1) is 24.0 Å². The van der Waals surface area contributed by atoms with Gasteiger partial charge in [-0.2, -0.15) is 13.2 Å². The van der Waals surface area contributed by atoms with Crippen LogP contribution in [0, 0.1) is 6.92 Å².